The Morgan fingerprint density at radius 2 is 2.17 bits per heavy atom. The highest BCUT2D eigenvalue weighted by molar-refractivity contribution is 7.91. The molecule has 2 amide bonds. The molecular weight excluding hydrogens is 180 g/mol. The van der Waals surface area contributed by atoms with Gasteiger partial charge in [0.15, 0.2) is 9.84 Å². The van der Waals surface area contributed by atoms with Gasteiger partial charge in [0.2, 0.25) is 0 Å². The molecule has 12 heavy (non-hydrogen) atoms. The Hall–Kier alpha value is -0.780. The summed E-state index contributed by atoms with van der Waals surface area (Å²) in [6.07, 6.45) is 0.443. The minimum atomic E-state index is -2.97. The van der Waals surface area contributed by atoms with E-state index in [4.69, 9.17) is 5.73 Å². The van der Waals surface area contributed by atoms with Gasteiger partial charge in [-0.25, -0.2) is 13.2 Å². The summed E-state index contributed by atoms with van der Waals surface area (Å²) in [6.45, 7) is 1.68. The summed E-state index contributed by atoms with van der Waals surface area (Å²) in [5, 5.41) is 2.43. The predicted octanol–water partition coefficient (Wildman–Crippen LogP) is -0.768. The van der Waals surface area contributed by atoms with Crippen LogP contribution in [0.4, 0.5) is 4.79 Å². The molecule has 0 aromatic rings. The molecule has 5 nitrogen and oxygen atoms in total. The molecule has 1 unspecified atom stereocenters. The zero-order chi connectivity index (χ0) is 9.41. The Morgan fingerprint density at radius 1 is 1.58 bits per heavy atom. The van der Waals surface area contributed by atoms with Gasteiger partial charge in [-0.15, -0.1) is 0 Å². The number of carbonyl (C=O) groups excluding carboxylic acids is 1. The van der Waals surface area contributed by atoms with E-state index in [1.807, 2.05) is 0 Å². The SMILES string of the molecule is CC1(NC(N)=O)CCS(=O)(=O)C1. The van der Waals surface area contributed by atoms with Gasteiger partial charge in [-0.05, 0) is 13.3 Å². The maximum atomic E-state index is 11.0. The number of urea groups is 1. The van der Waals surface area contributed by atoms with E-state index in [1.165, 1.54) is 0 Å². The lowest BCUT2D eigenvalue weighted by atomic mass is 10.0. The standard InChI is InChI=1S/C6H12N2O3S/c1-6(8-5(7)9)2-3-12(10,11)4-6/h2-4H2,1H3,(H3,7,8,9). The van der Waals surface area contributed by atoms with Crippen molar-refractivity contribution in [2.45, 2.75) is 18.9 Å². The lowest BCUT2D eigenvalue weighted by Gasteiger charge is -2.21. The molecule has 3 N–H and O–H groups in total. The van der Waals surface area contributed by atoms with Crippen molar-refractivity contribution < 1.29 is 13.2 Å². The average molecular weight is 192 g/mol. The fourth-order valence-electron chi connectivity index (χ4n) is 1.41. The molecular formula is C6H12N2O3S. The van der Waals surface area contributed by atoms with Crippen LogP contribution in [0.15, 0.2) is 0 Å². The monoisotopic (exact) mass is 192 g/mol. The third-order valence-electron chi connectivity index (χ3n) is 1.93. The third-order valence-corrected chi connectivity index (χ3v) is 3.83. The summed E-state index contributed by atoms with van der Waals surface area (Å²) in [7, 11) is -2.97. The van der Waals surface area contributed by atoms with Crippen LogP contribution >= 0.6 is 0 Å². The summed E-state index contributed by atoms with van der Waals surface area (Å²) in [4.78, 5) is 10.5. The van der Waals surface area contributed by atoms with Gasteiger partial charge in [0.1, 0.15) is 0 Å². The molecule has 1 heterocycles. The van der Waals surface area contributed by atoms with Crippen LogP contribution in [0.1, 0.15) is 13.3 Å². The smallest absolute Gasteiger partial charge is 0.312 e. The summed E-state index contributed by atoms with van der Waals surface area (Å²) < 4.78 is 22.1. The number of carbonyl (C=O) groups is 1. The number of sulfone groups is 1. The Kier molecular flexibility index (Phi) is 2.03. The second-order valence-electron chi connectivity index (χ2n) is 3.39. The van der Waals surface area contributed by atoms with Crippen molar-refractivity contribution in [3.63, 3.8) is 0 Å². The van der Waals surface area contributed by atoms with Crippen LogP contribution in [0.5, 0.6) is 0 Å². The van der Waals surface area contributed by atoms with E-state index in [0.29, 0.717) is 6.42 Å². The zero-order valence-electron chi connectivity index (χ0n) is 6.83. The van der Waals surface area contributed by atoms with Crippen LogP contribution in [0.25, 0.3) is 0 Å². The highest BCUT2D eigenvalue weighted by atomic mass is 32.2. The van der Waals surface area contributed by atoms with Crippen LogP contribution in [-0.2, 0) is 9.84 Å². The van der Waals surface area contributed by atoms with Crippen LogP contribution in [-0.4, -0.2) is 31.5 Å². The van der Waals surface area contributed by atoms with Crippen molar-refractivity contribution >= 4 is 15.9 Å². The van der Waals surface area contributed by atoms with E-state index in [2.05, 4.69) is 5.32 Å². The molecule has 1 fully saturated rings. The number of nitrogens with two attached hydrogens (primary N) is 1. The van der Waals surface area contributed by atoms with Crippen LogP contribution in [0, 0.1) is 0 Å². The first-order valence-electron chi connectivity index (χ1n) is 3.61. The molecule has 1 aliphatic heterocycles. The van der Waals surface area contributed by atoms with Crippen molar-refractivity contribution in [3.05, 3.63) is 0 Å². The summed E-state index contributed by atoms with van der Waals surface area (Å²) in [6, 6.07) is -0.672. The molecule has 0 aromatic carbocycles. The first-order chi connectivity index (χ1) is 5.33. The van der Waals surface area contributed by atoms with Gasteiger partial charge in [-0.2, -0.15) is 0 Å². The molecule has 0 aromatic heterocycles. The molecule has 1 aliphatic rings. The van der Waals surface area contributed by atoms with Crippen LogP contribution in [0.2, 0.25) is 0 Å². The maximum absolute atomic E-state index is 11.0. The third kappa shape index (κ3) is 2.10. The van der Waals surface area contributed by atoms with E-state index >= 15 is 0 Å². The Bertz CT molecular complexity index is 298. The Balaban J connectivity index is 2.71. The second kappa shape index (κ2) is 2.62. The number of hydrogen-bond acceptors (Lipinski definition) is 3. The van der Waals surface area contributed by atoms with E-state index in [0.717, 1.165) is 0 Å². The summed E-state index contributed by atoms with van der Waals surface area (Å²) >= 11 is 0. The highest BCUT2D eigenvalue weighted by Gasteiger charge is 2.38. The average Bonchev–Trinajstić information content (AvgIpc) is 2.03. The number of hydrogen-bond donors (Lipinski definition) is 2. The first kappa shape index (κ1) is 9.31. The Labute approximate surface area is 71.2 Å². The Morgan fingerprint density at radius 3 is 2.50 bits per heavy atom. The largest absolute Gasteiger partial charge is 0.352 e. The van der Waals surface area contributed by atoms with Crippen molar-refractivity contribution in [2.24, 2.45) is 5.73 Å². The predicted molar refractivity (Wildman–Crippen MR) is 44.4 cm³/mol. The fraction of sp³-hybridized carbons (Fsp3) is 0.833. The lowest BCUT2D eigenvalue weighted by molar-refractivity contribution is 0.239. The van der Waals surface area contributed by atoms with Gasteiger partial charge in [0.05, 0.1) is 17.0 Å². The molecule has 0 saturated carbocycles. The number of amides is 2. The molecule has 6 heteroatoms. The molecule has 0 radical (unpaired) electrons. The zero-order valence-corrected chi connectivity index (χ0v) is 7.65. The van der Waals surface area contributed by atoms with E-state index in [-0.39, 0.29) is 11.5 Å². The first-order valence-corrected chi connectivity index (χ1v) is 5.43. The van der Waals surface area contributed by atoms with E-state index in [9.17, 15) is 13.2 Å². The summed E-state index contributed by atoms with van der Waals surface area (Å²) in [5.41, 5.74) is 4.24. The molecule has 1 saturated heterocycles. The minimum Gasteiger partial charge on any atom is -0.352 e. The van der Waals surface area contributed by atoms with Crippen molar-refractivity contribution in [2.75, 3.05) is 11.5 Å². The van der Waals surface area contributed by atoms with Gasteiger partial charge in [0.25, 0.3) is 0 Å². The quantitative estimate of drug-likeness (QED) is 0.571. The molecule has 0 bridgehead atoms. The van der Waals surface area contributed by atoms with Gasteiger partial charge >= 0.3 is 6.03 Å². The van der Waals surface area contributed by atoms with Crippen LogP contribution in [0.3, 0.4) is 0 Å². The maximum Gasteiger partial charge on any atom is 0.312 e. The van der Waals surface area contributed by atoms with E-state index in [1.54, 1.807) is 6.92 Å². The molecule has 0 aliphatic carbocycles. The van der Waals surface area contributed by atoms with Gasteiger partial charge in [0, 0.05) is 0 Å². The van der Waals surface area contributed by atoms with Gasteiger partial charge in [-0.1, -0.05) is 0 Å². The molecule has 1 atom stereocenters. The molecule has 70 valence electrons. The highest BCUT2D eigenvalue weighted by Crippen LogP contribution is 2.22. The van der Waals surface area contributed by atoms with Crippen molar-refractivity contribution in [3.8, 4) is 0 Å². The normalized spacial score (nSPS) is 33.1. The number of nitrogens with one attached hydrogen (secondary N) is 1. The minimum absolute atomic E-state index is 0.0110. The van der Waals surface area contributed by atoms with Gasteiger partial charge in [-0.3, -0.25) is 0 Å². The van der Waals surface area contributed by atoms with Crippen molar-refractivity contribution in [1.29, 1.82) is 0 Å². The molecule has 1 rings (SSSR count). The molecule has 0 spiro atoms. The number of primary amides is 1. The second-order valence-corrected chi connectivity index (χ2v) is 5.58. The van der Waals surface area contributed by atoms with Crippen LogP contribution < -0.4 is 11.1 Å². The van der Waals surface area contributed by atoms with Crippen molar-refractivity contribution in [1.82, 2.24) is 5.32 Å². The summed E-state index contributed by atoms with van der Waals surface area (Å²) in [5.74, 6) is 0.118. The topological polar surface area (TPSA) is 89.3 Å². The lowest BCUT2D eigenvalue weighted by Crippen LogP contribution is -2.49. The van der Waals surface area contributed by atoms with E-state index < -0.39 is 21.4 Å². The fourth-order valence-corrected chi connectivity index (χ4v) is 3.50. The number of rotatable bonds is 1. The van der Waals surface area contributed by atoms with Gasteiger partial charge < -0.3 is 11.1 Å².